The van der Waals surface area contributed by atoms with Gasteiger partial charge in [-0.3, -0.25) is 9.59 Å². The van der Waals surface area contributed by atoms with E-state index in [1.165, 1.54) is 0 Å². The number of hydrogen-bond donors (Lipinski definition) is 6. The minimum atomic E-state index is -2.08. The van der Waals surface area contributed by atoms with Crippen molar-refractivity contribution in [2.45, 2.75) is 24.4 Å². The third kappa shape index (κ3) is 2.92. The second-order valence-corrected chi connectivity index (χ2v) is 2.68. The van der Waals surface area contributed by atoms with Crippen LogP contribution in [-0.4, -0.2) is 56.7 Å². The van der Waals surface area contributed by atoms with Gasteiger partial charge in [-0.05, 0) is 0 Å². The Kier molecular flexibility index (Phi) is 4.44. The van der Waals surface area contributed by atoms with Crippen molar-refractivity contribution in [3.05, 3.63) is 0 Å². The lowest BCUT2D eigenvalue weighted by molar-refractivity contribution is -0.152. The molecule has 8 N–H and O–H groups in total. The van der Waals surface area contributed by atoms with Gasteiger partial charge in [0.1, 0.15) is 12.2 Å². The summed E-state index contributed by atoms with van der Waals surface area (Å²) in [7, 11) is 0. The maximum absolute atomic E-state index is 10.3. The maximum atomic E-state index is 10.3. The lowest BCUT2D eigenvalue weighted by Crippen LogP contribution is -2.52. The topological polar surface area (TPSA) is 167 Å². The molecule has 14 heavy (non-hydrogen) atoms. The van der Waals surface area contributed by atoms with Crippen LogP contribution < -0.4 is 11.5 Å². The monoisotopic (exact) mass is 208 g/mol. The van der Waals surface area contributed by atoms with Crippen LogP contribution in [-0.2, 0) is 9.59 Å². The van der Waals surface area contributed by atoms with Crippen LogP contribution in [0.2, 0.25) is 0 Å². The van der Waals surface area contributed by atoms with Crippen LogP contribution in [0.4, 0.5) is 0 Å². The zero-order valence-corrected chi connectivity index (χ0v) is 7.07. The van der Waals surface area contributed by atoms with Gasteiger partial charge in [-0.25, -0.2) is 0 Å². The van der Waals surface area contributed by atoms with E-state index in [1.54, 1.807) is 0 Å². The Morgan fingerprint density at radius 2 is 1.00 bits per heavy atom. The Bertz CT molecular complexity index is 208. The molecule has 0 fully saturated rings. The van der Waals surface area contributed by atoms with Gasteiger partial charge in [0.05, 0.1) is 0 Å². The molecule has 0 aromatic heterocycles. The Morgan fingerprint density at radius 1 is 0.786 bits per heavy atom. The summed E-state index contributed by atoms with van der Waals surface area (Å²) in [6, 6.07) is 0. The fourth-order valence-corrected chi connectivity index (χ4v) is 0.710. The van der Waals surface area contributed by atoms with Gasteiger partial charge in [-0.1, -0.05) is 0 Å². The first-order chi connectivity index (χ1) is 6.29. The number of hydrogen-bond acceptors (Lipinski definition) is 6. The Morgan fingerprint density at radius 3 is 1.14 bits per heavy atom. The minimum absolute atomic E-state index is 1.30. The third-order valence-corrected chi connectivity index (χ3v) is 1.58. The third-order valence-electron chi connectivity index (χ3n) is 1.58. The first kappa shape index (κ1) is 12.8. The predicted molar refractivity (Wildman–Crippen MR) is 42.4 cm³/mol. The summed E-state index contributed by atoms with van der Waals surface area (Å²) in [6.45, 7) is 0. The molecule has 0 aliphatic carbocycles. The van der Waals surface area contributed by atoms with Crippen LogP contribution in [0.25, 0.3) is 0 Å². The zero-order valence-electron chi connectivity index (χ0n) is 7.07. The predicted octanol–water partition coefficient (Wildman–Crippen LogP) is -4.60. The van der Waals surface area contributed by atoms with Crippen molar-refractivity contribution in [2.75, 3.05) is 0 Å². The van der Waals surface area contributed by atoms with Crippen molar-refractivity contribution in [1.82, 2.24) is 0 Å². The fourth-order valence-electron chi connectivity index (χ4n) is 0.710. The van der Waals surface area contributed by atoms with Gasteiger partial charge in [0.15, 0.2) is 12.2 Å². The summed E-state index contributed by atoms with van der Waals surface area (Å²) < 4.78 is 0. The first-order valence-corrected chi connectivity index (χ1v) is 3.60. The molecule has 0 saturated carbocycles. The van der Waals surface area contributed by atoms with Crippen molar-refractivity contribution in [3.8, 4) is 0 Å². The number of aliphatic hydroxyl groups is 4. The van der Waals surface area contributed by atoms with Crippen LogP contribution in [0.1, 0.15) is 0 Å². The van der Waals surface area contributed by atoms with E-state index in [2.05, 4.69) is 11.5 Å². The second-order valence-electron chi connectivity index (χ2n) is 2.68. The fraction of sp³-hybridized carbons (Fsp3) is 0.667. The van der Waals surface area contributed by atoms with E-state index in [0.717, 1.165) is 0 Å². The molecule has 82 valence electrons. The van der Waals surface area contributed by atoms with Crippen LogP contribution >= 0.6 is 0 Å². The van der Waals surface area contributed by atoms with Crippen LogP contribution in [0, 0.1) is 0 Å². The van der Waals surface area contributed by atoms with Gasteiger partial charge in [0, 0.05) is 0 Å². The van der Waals surface area contributed by atoms with Gasteiger partial charge in [-0.15, -0.1) is 0 Å². The first-order valence-electron chi connectivity index (χ1n) is 3.60. The van der Waals surface area contributed by atoms with Crippen molar-refractivity contribution < 1.29 is 30.0 Å². The molecule has 8 heteroatoms. The summed E-state index contributed by atoms with van der Waals surface area (Å²) in [5.74, 6) is -2.60. The maximum Gasteiger partial charge on any atom is 0.249 e. The van der Waals surface area contributed by atoms with Crippen molar-refractivity contribution in [1.29, 1.82) is 0 Å². The van der Waals surface area contributed by atoms with E-state index in [-0.39, 0.29) is 0 Å². The SMILES string of the molecule is NC(=O)[C@@H](O)[C@@H](O)[C@H](O)[C@H](O)C(N)=O. The van der Waals surface area contributed by atoms with E-state index < -0.39 is 36.2 Å². The molecular formula is C6H12N2O6. The van der Waals surface area contributed by atoms with E-state index in [4.69, 9.17) is 20.4 Å². The second kappa shape index (κ2) is 4.86. The van der Waals surface area contributed by atoms with Crippen molar-refractivity contribution >= 4 is 11.8 Å². The number of nitrogens with two attached hydrogens (primary N) is 2. The van der Waals surface area contributed by atoms with E-state index in [1.807, 2.05) is 0 Å². The summed E-state index contributed by atoms with van der Waals surface area (Å²) in [6.07, 6.45) is -8.32. The molecule has 4 atom stereocenters. The minimum Gasteiger partial charge on any atom is -0.387 e. The highest BCUT2D eigenvalue weighted by atomic mass is 16.4. The van der Waals surface area contributed by atoms with Crippen molar-refractivity contribution in [3.63, 3.8) is 0 Å². The Hall–Kier alpha value is -1.22. The van der Waals surface area contributed by atoms with Crippen LogP contribution in [0.3, 0.4) is 0 Å². The molecule has 0 saturated heterocycles. The summed E-state index contributed by atoms with van der Waals surface area (Å²) in [4.78, 5) is 20.7. The molecule has 0 aromatic carbocycles. The van der Waals surface area contributed by atoms with E-state index >= 15 is 0 Å². The molecule has 0 rings (SSSR count). The van der Waals surface area contributed by atoms with E-state index in [9.17, 15) is 9.59 Å². The van der Waals surface area contributed by atoms with Crippen LogP contribution in [0.5, 0.6) is 0 Å². The highest BCUT2D eigenvalue weighted by Gasteiger charge is 2.35. The average molecular weight is 208 g/mol. The normalized spacial score (nSPS) is 19.4. The number of carbonyl (C=O) groups is 2. The summed E-state index contributed by atoms with van der Waals surface area (Å²) >= 11 is 0. The van der Waals surface area contributed by atoms with E-state index in [0.29, 0.717) is 0 Å². The molecule has 0 aliphatic heterocycles. The Balaban J connectivity index is 4.45. The largest absolute Gasteiger partial charge is 0.387 e. The molecule has 0 unspecified atom stereocenters. The quantitative estimate of drug-likeness (QED) is 0.266. The van der Waals surface area contributed by atoms with Gasteiger partial charge < -0.3 is 31.9 Å². The molecule has 0 aliphatic rings. The number of amides is 2. The highest BCUT2D eigenvalue weighted by Crippen LogP contribution is 2.04. The summed E-state index contributed by atoms with van der Waals surface area (Å²) in [5.41, 5.74) is 9.19. The molecule has 0 heterocycles. The number of primary amides is 2. The molecule has 0 aromatic rings. The Labute approximate surface area is 78.7 Å². The number of carbonyl (C=O) groups excluding carboxylic acids is 2. The molecule has 0 bridgehead atoms. The van der Waals surface area contributed by atoms with Gasteiger partial charge in [0.2, 0.25) is 11.8 Å². The number of rotatable bonds is 5. The average Bonchev–Trinajstić information content (AvgIpc) is 2.12. The standard InChI is InChI=1S/C6H12N2O6/c7-5(13)3(11)1(9)2(10)4(12)6(8)14/h1-4,9-12H,(H2,7,13)(H2,8,14)/t1-,2-,3-,4-/m0/s1. The molecule has 2 amide bonds. The van der Waals surface area contributed by atoms with Crippen LogP contribution in [0.15, 0.2) is 0 Å². The van der Waals surface area contributed by atoms with Crippen molar-refractivity contribution in [2.24, 2.45) is 11.5 Å². The molecule has 0 spiro atoms. The molecule has 0 radical (unpaired) electrons. The zero-order chi connectivity index (χ0) is 11.5. The highest BCUT2D eigenvalue weighted by molar-refractivity contribution is 5.81. The lowest BCUT2D eigenvalue weighted by atomic mass is 10.0. The number of aliphatic hydroxyl groups excluding tert-OH is 4. The van der Waals surface area contributed by atoms with Gasteiger partial charge in [0.25, 0.3) is 0 Å². The summed E-state index contributed by atoms with van der Waals surface area (Å²) in [5, 5.41) is 35.7. The lowest BCUT2D eigenvalue weighted by Gasteiger charge is -2.22. The molecule has 8 nitrogen and oxygen atoms in total. The van der Waals surface area contributed by atoms with Gasteiger partial charge >= 0.3 is 0 Å². The van der Waals surface area contributed by atoms with Gasteiger partial charge in [-0.2, -0.15) is 0 Å². The molecular weight excluding hydrogens is 196 g/mol. The smallest absolute Gasteiger partial charge is 0.249 e.